The van der Waals surface area contributed by atoms with Crippen LogP contribution in [0.3, 0.4) is 0 Å². The SMILES string of the molecule is CCCCCCCNC(=O)[C@H]1OC[C@H](C)C(OC)C1O. The zero-order valence-electron chi connectivity index (χ0n) is 12.9. The fourth-order valence-corrected chi connectivity index (χ4v) is 2.60. The van der Waals surface area contributed by atoms with Crippen molar-refractivity contribution in [2.45, 2.75) is 64.3 Å². The van der Waals surface area contributed by atoms with Gasteiger partial charge in [0.1, 0.15) is 6.10 Å². The number of hydrogen-bond donors (Lipinski definition) is 2. The van der Waals surface area contributed by atoms with Crippen LogP contribution in [-0.4, -0.2) is 49.6 Å². The average molecular weight is 287 g/mol. The van der Waals surface area contributed by atoms with Gasteiger partial charge in [-0.15, -0.1) is 0 Å². The lowest BCUT2D eigenvalue weighted by Gasteiger charge is -2.37. The first kappa shape index (κ1) is 17.4. The van der Waals surface area contributed by atoms with Gasteiger partial charge in [-0.1, -0.05) is 39.5 Å². The summed E-state index contributed by atoms with van der Waals surface area (Å²) in [5.41, 5.74) is 0. The normalized spacial score (nSPS) is 30.2. The molecule has 1 rings (SSSR count). The summed E-state index contributed by atoms with van der Waals surface area (Å²) in [7, 11) is 1.55. The molecule has 0 bridgehead atoms. The second-order valence-electron chi connectivity index (χ2n) is 5.63. The number of hydrogen-bond acceptors (Lipinski definition) is 4. The van der Waals surface area contributed by atoms with Crippen molar-refractivity contribution in [3.63, 3.8) is 0 Å². The highest BCUT2D eigenvalue weighted by Gasteiger charge is 2.41. The lowest BCUT2D eigenvalue weighted by atomic mass is 9.93. The molecule has 0 aromatic rings. The molecule has 1 saturated heterocycles. The third-order valence-corrected chi connectivity index (χ3v) is 3.86. The Bertz CT molecular complexity index is 285. The van der Waals surface area contributed by atoms with Gasteiger partial charge in [-0.05, 0) is 6.42 Å². The van der Waals surface area contributed by atoms with Gasteiger partial charge in [0.05, 0.1) is 12.7 Å². The van der Waals surface area contributed by atoms with E-state index in [-0.39, 0.29) is 17.9 Å². The highest BCUT2D eigenvalue weighted by molar-refractivity contribution is 5.81. The van der Waals surface area contributed by atoms with Crippen LogP contribution in [-0.2, 0) is 14.3 Å². The summed E-state index contributed by atoms with van der Waals surface area (Å²) in [5, 5.41) is 13.0. The number of aliphatic hydroxyl groups is 1. The Balaban J connectivity index is 2.28. The Kier molecular flexibility index (Phi) is 8.11. The average Bonchev–Trinajstić information content (AvgIpc) is 2.43. The molecular weight excluding hydrogens is 258 g/mol. The van der Waals surface area contributed by atoms with E-state index in [0.717, 1.165) is 12.8 Å². The molecule has 2 N–H and O–H groups in total. The monoisotopic (exact) mass is 287 g/mol. The van der Waals surface area contributed by atoms with Crippen LogP contribution in [0.15, 0.2) is 0 Å². The van der Waals surface area contributed by atoms with E-state index < -0.39 is 12.2 Å². The Morgan fingerprint density at radius 1 is 1.35 bits per heavy atom. The van der Waals surface area contributed by atoms with E-state index in [1.165, 1.54) is 19.3 Å². The van der Waals surface area contributed by atoms with Crippen molar-refractivity contribution in [2.75, 3.05) is 20.3 Å². The van der Waals surface area contributed by atoms with E-state index in [4.69, 9.17) is 9.47 Å². The van der Waals surface area contributed by atoms with Crippen LogP contribution in [0.25, 0.3) is 0 Å². The molecule has 0 radical (unpaired) electrons. The highest BCUT2D eigenvalue weighted by Crippen LogP contribution is 2.22. The molecular formula is C15H29NO4. The number of rotatable bonds is 8. The number of nitrogens with one attached hydrogen (secondary N) is 1. The quantitative estimate of drug-likeness (QED) is 0.664. The second kappa shape index (κ2) is 9.32. The topological polar surface area (TPSA) is 67.8 Å². The van der Waals surface area contributed by atoms with Crippen molar-refractivity contribution in [3.05, 3.63) is 0 Å². The summed E-state index contributed by atoms with van der Waals surface area (Å²) in [4.78, 5) is 12.0. The van der Waals surface area contributed by atoms with Gasteiger partial charge >= 0.3 is 0 Å². The first-order valence-electron chi connectivity index (χ1n) is 7.72. The Labute approximate surface area is 122 Å². The van der Waals surface area contributed by atoms with Gasteiger partial charge in [0.2, 0.25) is 0 Å². The number of aliphatic hydroxyl groups excluding tert-OH is 1. The third-order valence-electron chi connectivity index (χ3n) is 3.86. The van der Waals surface area contributed by atoms with E-state index in [9.17, 15) is 9.90 Å². The Morgan fingerprint density at radius 2 is 2.05 bits per heavy atom. The predicted molar refractivity (Wildman–Crippen MR) is 77.5 cm³/mol. The molecule has 1 aliphatic rings. The molecule has 0 aromatic carbocycles. The molecule has 1 fully saturated rings. The third kappa shape index (κ3) is 5.04. The van der Waals surface area contributed by atoms with Crippen molar-refractivity contribution in [1.82, 2.24) is 5.32 Å². The molecule has 1 aliphatic heterocycles. The molecule has 5 nitrogen and oxygen atoms in total. The highest BCUT2D eigenvalue weighted by atomic mass is 16.5. The molecule has 4 atom stereocenters. The van der Waals surface area contributed by atoms with E-state index in [1.54, 1.807) is 7.11 Å². The number of carbonyl (C=O) groups excluding carboxylic acids is 1. The van der Waals surface area contributed by atoms with Crippen LogP contribution in [0.1, 0.15) is 46.0 Å². The van der Waals surface area contributed by atoms with Crippen LogP contribution >= 0.6 is 0 Å². The van der Waals surface area contributed by atoms with E-state index in [1.807, 2.05) is 6.92 Å². The van der Waals surface area contributed by atoms with Crippen molar-refractivity contribution in [2.24, 2.45) is 5.92 Å². The standard InChI is InChI=1S/C15H29NO4/c1-4-5-6-7-8-9-16-15(18)14-12(17)13(19-3)11(2)10-20-14/h11-14,17H,4-10H2,1-3H3,(H,16,18)/t11-,12?,13?,14-/m0/s1. The largest absolute Gasteiger partial charge is 0.387 e. The van der Waals surface area contributed by atoms with E-state index in [0.29, 0.717) is 13.2 Å². The van der Waals surface area contributed by atoms with Gasteiger partial charge in [-0.2, -0.15) is 0 Å². The summed E-state index contributed by atoms with van der Waals surface area (Å²) in [5.74, 6) is -0.143. The van der Waals surface area contributed by atoms with Crippen LogP contribution in [0.4, 0.5) is 0 Å². The Hall–Kier alpha value is -0.650. The molecule has 118 valence electrons. The minimum atomic E-state index is -0.899. The van der Waals surface area contributed by atoms with Gasteiger partial charge < -0.3 is 19.9 Å². The number of unbranched alkanes of at least 4 members (excludes halogenated alkanes) is 4. The molecule has 20 heavy (non-hydrogen) atoms. The van der Waals surface area contributed by atoms with E-state index >= 15 is 0 Å². The zero-order valence-corrected chi connectivity index (χ0v) is 12.9. The fraction of sp³-hybridized carbons (Fsp3) is 0.933. The van der Waals surface area contributed by atoms with E-state index in [2.05, 4.69) is 12.2 Å². The minimum Gasteiger partial charge on any atom is -0.387 e. The maximum Gasteiger partial charge on any atom is 0.251 e. The first-order chi connectivity index (χ1) is 9.61. The van der Waals surface area contributed by atoms with Crippen molar-refractivity contribution >= 4 is 5.91 Å². The summed E-state index contributed by atoms with van der Waals surface area (Å²) in [6, 6.07) is 0. The number of carbonyl (C=O) groups is 1. The van der Waals surface area contributed by atoms with Crippen molar-refractivity contribution in [1.29, 1.82) is 0 Å². The Morgan fingerprint density at radius 3 is 2.70 bits per heavy atom. The molecule has 5 heteroatoms. The summed E-state index contributed by atoms with van der Waals surface area (Å²) in [6.45, 7) is 5.20. The predicted octanol–water partition coefficient (Wildman–Crippen LogP) is 1.48. The van der Waals surface area contributed by atoms with Crippen LogP contribution in [0, 0.1) is 5.92 Å². The molecule has 0 aromatic heterocycles. The smallest absolute Gasteiger partial charge is 0.251 e. The van der Waals surface area contributed by atoms with Gasteiger partial charge in [-0.3, -0.25) is 4.79 Å². The van der Waals surface area contributed by atoms with Crippen LogP contribution < -0.4 is 5.32 Å². The number of amides is 1. The molecule has 0 spiro atoms. The zero-order chi connectivity index (χ0) is 15.0. The second-order valence-corrected chi connectivity index (χ2v) is 5.63. The lowest BCUT2D eigenvalue weighted by Crippen LogP contribution is -2.56. The van der Waals surface area contributed by atoms with Gasteiger partial charge in [0.25, 0.3) is 5.91 Å². The summed E-state index contributed by atoms with van der Waals surface area (Å²) >= 11 is 0. The molecule has 0 aliphatic carbocycles. The van der Waals surface area contributed by atoms with Crippen LogP contribution in [0.2, 0.25) is 0 Å². The lowest BCUT2D eigenvalue weighted by molar-refractivity contribution is -0.180. The first-order valence-corrected chi connectivity index (χ1v) is 7.72. The minimum absolute atomic E-state index is 0.0908. The molecule has 0 saturated carbocycles. The van der Waals surface area contributed by atoms with Gasteiger partial charge in [0, 0.05) is 19.6 Å². The van der Waals surface area contributed by atoms with Gasteiger partial charge in [-0.25, -0.2) is 0 Å². The van der Waals surface area contributed by atoms with Crippen molar-refractivity contribution < 1.29 is 19.4 Å². The molecule has 2 unspecified atom stereocenters. The molecule has 1 amide bonds. The summed E-state index contributed by atoms with van der Waals surface area (Å²) < 4.78 is 10.7. The maximum absolute atomic E-state index is 12.0. The number of ether oxygens (including phenoxy) is 2. The molecule has 1 heterocycles. The number of methoxy groups -OCH3 is 1. The van der Waals surface area contributed by atoms with Gasteiger partial charge in [0.15, 0.2) is 6.10 Å². The van der Waals surface area contributed by atoms with Crippen LogP contribution in [0.5, 0.6) is 0 Å². The van der Waals surface area contributed by atoms with Crippen molar-refractivity contribution in [3.8, 4) is 0 Å². The fourth-order valence-electron chi connectivity index (χ4n) is 2.60. The maximum atomic E-state index is 12.0. The summed E-state index contributed by atoms with van der Waals surface area (Å²) in [6.07, 6.45) is 3.70.